The van der Waals surface area contributed by atoms with E-state index in [2.05, 4.69) is 0 Å². The lowest BCUT2D eigenvalue weighted by Gasteiger charge is -2.34. The van der Waals surface area contributed by atoms with E-state index in [-0.39, 0.29) is 11.3 Å². The van der Waals surface area contributed by atoms with Gasteiger partial charge in [-0.3, -0.25) is 4.79 Å². The fraction of sp³-hybridized carbons (Fsp3) is 0.250. The molecule has 1 atom stereocenters. The van der Waals surface area contributed by atoms with E-state index in [0.717, 1.165) is 33.8 Å². The second-order valence-corrected chi connectivity index (χ2v) is 7.22. The number of rotatable bonds is 4. The number of hydrogen-bond donors (Lipinski definition) is 0. The molecule has 1 aliphatic rings. The van der Waals surface area contributed by atoms with Crippen LogP contribution in [-0.2, 0) is 11.3 Å². The molecule has 4 nitrogen and oxygen atoms in total. The van der Waals surface area contributed by atoms with Crippen molar-refractivity contribution in [2.75, 3.05) is 12.9 Å². The molecule has 25 heavy (non-hydrogen) atoms. The number of fused-ring (bicyclic) bond motifs is 1. The fourth-order valence-corrected chi connectivity index (χ4v) is 4.29. The summed E-state index contributed by atoms with van der Waals surface area (Å²) in [5, 5.41) is 0.970. The third-order valence-electron chi connectivity index (χ3n) is 4.37. The second-order valence-electron chi connectivity index (χ2n) is 6.03. The van der Waals surface area contributed by atoms with Gasteiger partial charge in [0.25, 0.3) is 0 Å². The summed E-state index contributed by atoms with van der Waals surface area (Å²) in [4.78, 5) is 14.5. The summed E-state index contributed by atoms with van der Waals surface area (Å²) in [6, 6.07) is 17.8. The van der Waals surface area contributed by atoms with Gasteiger partial charge >= 0.3 is 0 Å². The van der Waals surface area contributed by atoms with E-state index < -0.39 is 0 Å². The Morgan fingerprint density at radius 2 is 2.08 bits per heavy atom. The molecule has 2 aromatic carbocycles. The van der Waals surface area contributed by atoms with Crippen molar-refractivity contribution in [2.45, 2.75) is 18.3 Å². The minimum absolute atomic E-state index is 0.0974. The summed E-state index contributed by atoms with van der Waals surface area (Å²) in [6.45, 7) is 0.546. The molecular weight excluding hydrogens is 334 g/mol. The molecule has 5 heteroatoms. The van der Waals surface area contributed by atoms with E-state index in [0.29, 0.717) is 13.0 Å². The Kier molecular flexibility index (Phi) is 4.40. The largest absolute Gasteiger partial charge is 0.497 e. The predicted octanol–water partition coefficient (Wildman–Crippen LogP) is 4.61. The zero-order valence-electron chi connectivity index (χ0n) is 14.0. The summed E-state index contributed by atoms with van der Waals surface area (Å²) in [7, 11) is 1.65. The van der Waals surface area contributed by atoms with Gasteiger partial charge < -0.3 is 14.1 Å². The Morgan fingerprint density at radius 1 is 1.20 bits per heavy atom. The molecule has 0 saturated carbocycles. The maximum absolute atomic E-state index is 12.6. The molecule has 2 heterocycles. The molecule has 0 aliphatic carbocycles. The molecule has 0 N–H and O–H groups in total. The zero-order chi connectivity index (χ0) is 17.2. The first-order valence-corrected chi connectivity index (χ1v) is 9.32. The van der Waals surface area contributed by atoms with Crippen LogP contribution in [0.1, 0.15) is 23.1 Å². The highest BCUT2D eigenvalue weighted by atomic mass is 32.2. The summed E-state index contributed by atoms with van der Waals surface area (Å²) in [6.07, 6.45) is 0.561. The molecule has 0 spiro atoms. The predicted molar refractivity (Wildman–Crippen MR) is 99.6 cm³/mol. The molecule has 0 bridgehead atoms. The number of furan rings is 1. The highest BCUT2D eigenvalue weighted by molar-refractivity contribution is 7.99. The number of nitrogens with zero attached hydrogens (tertiary/aromatic N) is 1. The van der Waals surface area contributed by atoms with Crippen molar-refractivity contribution >= 4 is 28.6 Å². The number of carbonyl (C=O) groups excluding carboxylic acids is 1. The van der Waals surface area contributed by atoms with Gasteiger partial charge in [-0.25, -0.2) is 0 Å². The molecule has 1 fully saturated rings. The van der Waals surface area contributed by atoms with Gasteiger partial charge in [0, 0.05) is 24.1 Å². The number of hydrogen-bond acceptors (Lipinski definition) is 4. The van der Waals surface area contributed by atoms with Crippen LogP contribution in [0.5, 0.6) is 5.75 Å². The van der Waals surface area contributed by atoms with Gasteiger partial charge in [-0.1, -0.05) is 30.3 Å². The summed E-state index contributed by atoms with van der Waals surface area (Å²) in [5.41, 5.74) is 1.91. The topological polar surface area (TPSA) is 42.7 Å². The van der Waals surface area contributed by atoms with Crippen molar-refractivity contribution < 1.29 is 13.9 Å². The van der Waals surface area contributed by atoms with Crippen molar-refractivity contribution in [3.63, 3.8) is 0 Å². The van der Waals surface area contributed by atoms with Gasteiger partial charge in [-0.05, 0) is 29.8 Å². The van der Waals surface area contributed by atoms with E-state index in [1.165, 1.54) is 0 Å². The first kappa shape index (κ1) is 16.1. The van der Waals surface area contributed by atoms with Crippen molar-refractivity contribution in [3.05, 3.63) is 65.9 Å². The van der Waals surface area contributed by atoms with E-state index in [1.54, 1.807) is 18.9 Å². The smallest absolute Gasteiger partial charge is 0.224 e. The lowest BCUT2D eigenvalue weighted by Crippen LogP contribution is -2.36. The standard InChI is InChI=1S/C20H19NO3S/c1-23-16-7-4-5-14(11-16)13-21-19(22)9-10-25-20(21)18-12-15-6-2-3-8-17(15)24-18/h2-8,11-12,20H,9-10,13H2,1H3. The zero-order valence-corrected chi connectivity index (χ0v) is 14.8. The molecule has 1 aliphatic heterocycles. The van der Waals surface area contributed by atoms with Crippen LogP contribution in [0, 0.1) is 0 Å². The first-order chi connectivity index (χ1) is 12.2. The van der Waals surface area contributed by atoms with Crippen LogP contribution in [0.15, 0.2) is 59.0 Å². The summed E-state index contributed by atoms with van der Waals surface area (Å²) in [5.74, 6) is 2.61. The highest BCUT2D eigenvalue weighted by Crippen LogP contribution is 2.40. The van der Waals surface area contributed by atoms with Crippen LogP contribution in [0.4, 0.5) is 0 Å². The monoisotopic (exact) mass is 353 g/mol. The Bertz CT molecular complexity index is 872. The first-order valence-electron chi connectivity index (χ1n) is 8.27. The number of benzene rings is 2. The van der Waals surface area contributed by atoms with Gasteiger partial charge in [-0.2, -0.15) is 0 Å². The number of methoxy groups -OCH3 is 1. The molecule has 3 aromatic rings. The SMILES string of the molecule is COc1cccc(CN2C(=O)CCSC2c2cc3ccccc3o2)c1. The minimum Gasteiger partial charge on any atom is -0.497 e. The Morgan fingerprint density at radius 3 is 2.92 bits per heavy atom. The van der Waals surface area contributed by atoms with Gasteiger partial charge in [0.15, 0.2) is 0 Å². The molecule has 0 radical (unpaired) electrons. The van der Waals surface area contributed by atoms with Crippen molar-refractivity contribution in [3.8, 4) is 5.75 Å². The van der Waals surface area contributed by atoms with Gasteiger partial charge in [0.05, 0.1) is 7.11 Å². The van der Waals surface area contributed by atoms with Crippen molar-refractivity contribution in [1.29, 1.82) is 0 Å². The molecule has 1 amide bonds. The maximum Gasteiger partial charge on any atom is 0.224 e. The maximum atomic E-state index is 12.6. The average molecular weight is 353 g/mol. The van der Waals surface area contributed by atoms with Crippen LogP contribution in [-0.4, -0.2) is 23.7 Å². The number of thioether (sulfide) groups is 1. The van der Waals surface area contributed by atoms with Crippen LogP contribution >= 0.6 is 11.8 Å². The average Bonchev–Trinajstić information content (AvgIpc) is 3.07. The van der Waals surface area contributed by atoms with Crippen LogP contribution in [0.2, 0.25) is 0 Å². The van der Waals surface area contributed by atoms with Gasteiger partial charge in [-0.15, -0.1) is 11.8 Å². The van der Waals surface area contributed by atoms with Crippen molar-refractivity contribution in [1.82, 2.24) is 4.90 Å². The van der Waals surface area contributed by atoms with Crippen LogP contribution in [0.3, 0.4) is 0 Å². The van der Waals surface area contributed by atoms with Crippen molar-refractivity contribution in [2.24, 2.45) is 0 Å². The molecule has 1 aromatic heterocycles. The Labute approximate surface area is 150 Å². The third-order valence-corrected chi connectivity index (χ3v) is 5.61. The molecule has 4 rings (SSSR count). The van der Waals surface area contributed by atoms with Crippen LogP contribution in [0.25, 0.3) is 11.0 Å². The fourth-order valence-electron chi connectivity index (χ4n) is 3.12. The summed E-state index contributed by atoms with van der Waals surface area (Å²) < 4.78 is 11.3. The lowest BCUT2D eigenvalue weighted by molar-refractivity contribution is -0.133. The summed E-state index contributed by atoms with van der Waals surface area (Å²) >= 11 is 1.75. The third kappa shape index (κ3) is 3.24. The highest BCUT2D eigenvalue weighted by Gasteiger charge is 2.32. The van der Waals surface area contributed by atoms with E-state index >= 15 is 0 Å². The van der Waals surface area contributed by atoms with Gasteiger partial charge in [0.1, 0.15) is 22.5 Å². The Hall–Kier alpha value is -2.40. The van der Waals surface area contributed by atoms with E-state index in [9.17, 15) is 4.79 Å². The number of ether oxygens (including phenoxy) is 1. The number of carbonyl (C=O) groups is 1. The minimum atomic E-state index is -0.0974. The molecule has 1 unspecified atom stereocenters. The quantitative estimate of drug-likeness (QED) is 0.687. The number of amides is 1. The molecule has 1 saturated heterocycles. The van der Waals surface area contributed by atoms with Crippen LogP contribution < -0.4 is 4.74 Å². The lowest BCUT2D eigenvalue weighted by atomic mass is 10.2. The van der Waals surface area contributed by atoms with E-state index in [4.69, 9.17) is 9.15 Å². The molecular formula is C20H19NO3S. The number of para-hydroxylation sites is 1. The molecule has 128 valence electrons. The van der Waals surface area contributed by atoms with E-state index in [1.807, 2.05) is 59.5 Å². The normalized spacial score (nSPS) is 17.9. The van der Waals surface area contributed by atoms with Gasteiger partial charge in [0.2, 0.25) is 5.91 Å². The second kappa shape index (κ2) is 6.84. The Balaban J connectivity index is 1.65.